The van der Waals surface area contributed by atoms with Crippen LogP contribution in [0.15, 0.2) is 24.8 Å². The van der Waals surface area contributed by atoms with Crippen molar-refractivity contribution in [3.63, 3.8) is 0 Å². The van der Waals surface area contributed by atoms with Crippen LogP contribution >= 0.6 is 0 Å². The third-order valence-electron chi connectivity index (χ3n) is 2.65. The average molecular weight is 272 g/mol. The lowest BCUT2D eigenvalue weighted by molar-refractivity contribution is -0.137. The van der Waals surface area contributed by atoms with Gasteiger partial charge in [0.25, 0.3) is 0 Å². The summed E-state index contributed by atoms with van der Waals surface area (Å²) in [7, 11) is 0. The predicted molar refractivity (Wildman–Crippen MR) is 84.1 cm³/mol. The molecular formula is C18H24O2. The number of carbonyl (C=O) groups is 1. The van der Waals surface area contributed by atoms with E-state index in [0.717, 1.165) is 51.4 Å². The SMILES string of the molecule is C=CCCC=CC#CC#CCCCCCCCC(=O)O. The van der Waals surface area contributed by atoms with E-state index < -0.39 is 5.97 Å². The van der Waals surface area contributed by atoms with Gasteiger partial charge in [-0.25, -0.2) is 0 Å². The summed E-state index contributed by atoms with van der Waals surface area (Å²) in [5.74, 6) is 10.8. The molecule has 108 valence electrons. The highest BCUT2D eigenvalue weighted by Crippen LogP contribution is 2.06. The van der Waals surface area contributed by atoms with Crippen molar-refractivity contribution in [1.82, 2.24) is 0 Å². The van der Waals surface area contributed by atoms with Crippen molar-refractivity contribution >= 4 is 5.97 Å². The maximum absolute atomic E-state index is 10.3. The highest BCUT2D eigenvalue weighted by Gasteiger charge is 1.95. The fourth-order valence-corrected chi connectivity index (χ4v) is 1.56. The zero-order valence-electron chi connectivity index (χ0n) is 12.2. The van der Waals surface area contributed by atoms with Crippen LogP contribution in [0, 0.1) is 23.7 Å². The Bertz CT molecular complexity index is 410. The third-order valence-corrected chi connectivity index (χ3v) is 2.65. The Morgan fingerprint density at radius 1 is 1.05 bits per heavy atom. The Morgan fingerprint density at radius 3 is 2.55 bits per heavy atom. The molecule has 0 spiro atoms. The molecule has 0 bridgehead atoms. The van der Waals surface area contributed by atoms with Crippen LogP contribution in [-0.2, 0) is 4.79 Å². The molecule has 0 aromatic rings. The second kappa shape index (κ2) is 15.1. The van der Waals surface area contributed by atoms with Gasteiger partial charge in [0.15, 0.2) is 0 Å². The Kier molecular flexibility index (Phi) is 13.7. The normalized spacial score (nSPS) is 9.40. The van der Waals surface area contributed by atoms with Gasteiger partial charge >= 0.3 is 5.97 Å². The first-order chi connectivity index (χ1) is 9.77. The van der Waals surface area contributed by atoms with Gasteiger partial charge < -0.3 is 5.11 Å². The second-order valence-corrected chi connectivity index (χ2v) is 4.50. The molecule has 0 aliphatic rings. The van der Waals surface area contributed by atoms with Crippen LogP contribution in [0.4, 0.5) is 0 Å². The molecular weight excluding hydrogens is 248 g/mol. The number of carboxylic acids is 1. The average Bonchev–Trinajstić information content (AvgIpc) is 2.43. The predicted octanol–water partition coefficient (Wildman–Crippen LogP) is 4.33. The van der Waals surface area contributed by atoms with Gasteiger partial charge in [-0.2, -0.15) is 0 Å². The van der Waals surface area contributed by atoms with Gasteiger partial charge in [0.2, 0.25) is 0 Å². The Morgan fingerprint density at radius 2 is 1.80 bits per heavy atom. The maximum Gasteiger partial charge on any atom is 0.303 e. The lowest BCUT2D eigenvalue weighted by Gasteiger charge is -1.96. The highest BCUT2D eigenvalue weighted by molar-refractivity contribution is 5.66. The van der Waals surface area contributed by atoms with Crippen LogP contribution < -0.4 is 0 Å². The quantitative estimate of drug-likeness (QED) is 0.365. The van der Waals surface area contributed by atoms with E-state index in [0.29, 0.717) is 0 Å². The van der Waals surface area contributed by atoms with E-state index in [1.165, 1.54) is 0 Å². The lowest BCUT2D eigenvalue weighted by atomic mass is 10.1. The molecule has 0 unspecified atom stereocenters. The zero-order valence-corrected chi connectivity index (χ0v) is 12.2. The van der Waals surface area contributed by atoms with E-state index in [-0.39, 0.29) is 6.42 Å². The molecule has 0 fully saturated rings. The van der Waals surface area contributed by atoms with Crippen LogP contribution in [0.5, 0.6) is 0 Å². The van der Waals surface area contributed by atoms with Crippen LogP contribution in [0.3, 0.4) is 0 Å². The fourth-order valence-electron chi connectivity index (χ4n) is 1.56. The summed E-state index contributed by atoms with van der Waals surface area (Å²) in [6.45, 7) is 3.65. The van der Waals surface area contributed by atoms with Crippen LogP contribution in [0.25, 0.3) is 0 Å². The summed E-state index contributed by atoms with van der Waals surface area (Å²) >= 11 is 0. The minimum atomic E-state index is -0.701. The van der Waals surface area contributed by atoms with E-state index >= 15 is 0 Å². The molecule has 20 heavy (non-hydrogen) atoms. The first-order valence-corrected chi connectivity index (χ1v) is 7.23. The highest BCUT2D eigenvalue weighted by atomic mass is 16.4. The molecule has 0 heterocycles. The van der Waals surface area contributed by atoms with Gasteiger partial charge in [0.1, 0.15) is 0 Å². The topological polar surface area (TPSA) is 37.3 Å². The van der Waals surface area contributed by atoms with Gasteiger partial charge in [-0.05, 0) is 43.6 Å². The van der Waals surface area contributed by atoms with Crippen molar-refractivity contribution in [2.24, 2.45) is 0 Å². The van der Waals surface area contributed by atoms with Gasteiger partial charge in [0, 0.05) is 12.8 Å². The molecule has 0 saturated carbocycles. The summed E-state index contributed by atoms with van der Waals surface area (Å²) in [6, 6.07) is 0. The molecule has 0 aliphatic heterocycles. The molecule has 0 rings (SSSR count). The minimum Gasteiger partial charge on any atom is -0.481 e. The van der Waals surface area contributed by atoms with Crippen molar-refractivity contribution in [3.05, 3.63) is 24.8 Å². The molecule has 0 amide bonds. The summed E-state index contributed by atoms with van der Waals surface area (Å²) in [5.41, 5.74) is 0. The van der Waals surface area contributed by atoms with Crippen molar-refractivity contribution in [3.8, 4) is 23.7 Å². The molecule has 0 saturated heterocycles. The summed E-state index contributed by atoms with van der Waals surface area (Å²) in [4.78, 5) is 10.3. The molecule has 1 N–H and O–H groups in total. The second-order valence-electron chi connectivity index (χ2n) is 4.50. The van der Waals surface area contributed by atoms with E-state index in [9.17, 15) is 4.79 Å². The van der Waals surface area contributed by atoms with Gasteiger partial charge in [-0.1, -0.05) is 43.3 Å². The number of carboxylic acid groups (broad SMARTS) is 1. The van der Waals surface area contributed by atoms with Crippen LogP contribution in [0.2, 0.25) is 0 Å². The largest absolute Gasteiger partial charge is 0.481 e. The van der Waals surface area contributed by atoms with Gasteiger partial charge in [-0.3, -0.25) is 4.79 Å². The summed E-state index contributed by atoms with van der Waals surface area (Å²) in [5, 5.41) is 8.48. The van der Waals surface area contributed by atoms with E-state index in [1.807, 2.05) is 18.2 Å². The monoisotopic (exact) mass is 272 g/mol. The molecule has 0 aromatic heterocycles. The Balaban J connectivity index is 3.41. The minimum absolute atomic E-state index is 0.287. The van der Waals surface area contributed by atoms with E-state index in [4.69, 9.17) is 5.11 Å². The Labute approximate surface area is 123 Å². The van der Waals surface area contributed by atoms with E-state index in [2.05, 4.69) is 30.3 Å². The zero-order chi connectivity index (χ0) is 14.9. The molecule has 0 atom stereocenters. The van der Waals surface area contributed by atoms with Crippen molar-refractivity contribution in [2.75, 3.05) is 0 Å². The number of allylic oxidation sites excluding steroid dienone is 3. The molecule has 0 aliphatic carbocycles. The van der Waals surface area contributed by atoms with Gasteiger partial charge in [-0.15, -0.1) is 6.58 Å². The first kappa shape index (κ1) is 18.1. The Hall–Kier alpha value is -1.93. The fraction of sp³-hybridized carbons (Fsp3) is 0.500. The molecule has 2 nitrogen and oxygen atoms in total. The summed E-state index contributed by atoms with van der Waals surface area (Å²) in [6.07, 6.45) is 13.9. The van der Waals surface area contributed by atoms with E-state index in [1.54, 1.807) is 0 Å². The van der Waals surface area contributed by atoms with Crippen molar-refractivity contribution in [2.45, 2.75) is 57.8 Å². The molecule has 0 radical (unpaired) electrons. The smallest absolute Gasteiger partial charge is 0.303 e. The first-order valence-electron chi connectivity index (χ1n) is 7.23. The summed E-state index contributed by atoms with van der Waals surface area (Å²) < 4.78 is 0. The molecule has 2 heteroatoms. The van der Waals surface area contributed by atoms with Crippen molar-refractivity contribution < 1.29 is 9.90 Å². The van der Waals surface area contributed by atoms with Gasteiger partial charge in [0.05, 0.1) is 0 Å². The number of hydrogen-bond donors (Lipinski definition) is 1. The number of unbranched alkanes of at least 4 members (excludes halogenated alkanes) is 6. The van der Waals surface area contributed by atoms with Crippen molar-refractivity contribution in [1.29, 1.82) is 0 Å². The maximum atomic E-state index is 10.3. The van der Waals surface area contributed by atoms with Crippen LogP contribution in [0.1, 0.15) is 57.8 Å². The molecule has 0 aromatic carbocycles. The third kappa shape index (κ3) is 16.1. The lowest BCUT2D eigenvalue weighted by Crippen LogP contribution is -1.93. The standard InChI is InChI=1S/C18H24O2/c1-2-3-4-5-6-7-8-9-10-11-12-13-14-15-16-17-18(19)20/h2,5-6H,1,3-4,11-17H2,(H,19,20). The van der Waals surface area contributed by atoms with Crippen LogP contribution in [-0.4, -0.2) is 11.1 Å². The number of aliphatic carboxylic acids is 1. The number of rotatable bonds is 10. The number of hydrogen-bond acceptors (Lipinski definition) is 1.